The van der Waals surface area contributed by atoms with Gasteiger partial charge in [0.1, 0.15) is 11.6 Å². The van der Waals surface area contributed by atoms with E-state index in [9.17, 15) is 4.39 Å². The highest BCUT2D eigenvalue weighted by molar-refractivity contribution is 9.10. The lowest BCUT2D eigenvalue weighted by molar-refractivity contribution is 0.628. The Labute approximate surface area is 123 Å². The fourth-order valence-corrected chi connectivity index (χ4v) is 2.50. The van der Waals surface area contributed by atoms with Gasteiger partial charge in [0, 0.05) is 11.5 Å². The van der Waals surface area contributed by atoms with Crippen molar-refractivity contribution in [3.05, 3.63) is 52.3 Å². The summed E-state index contributed by atoms with van der Waals surface area (Å²) in [6, 6.07) is 12.2. The normalized spacial score (nSPS) is 10.7. The topological polar surface area (TPSA) is 41.6 Å². The summed E-state index contributed by atoms with van der Waals surface area (Å²) < 4.78 is 16.5. The number of hydrogen-bond donors (Lipinski definition) is 0. The fourth-order valence-electron chi connectivity index (χ4n) is 2.17. The van der Waals surface area contributed by atoms with Crippen LogP contribution < -0.4 is 0 Å². The highest BCUT2D eigenvalue weighted by atomic mass is 79.9. The number of nitrogens with zero attached hydrogens (tertiary/aromatic N) is 3. The van der Waals surface area contributed by atoms with Crippen LogP contribution >= 0.6 is 15.9 Å². The average Bonchev–Trinajstić information content (AvgIpc) is 2.76. The number of fused-ring (bicyclic) bond motifs is 1. The maximum absolute atomic E-state index is 14.1. The maximum Gasteiger partial charge on any atom is 0.143 e. The number of nitriles is 1. The first-order valence-electron chi connectivity index (χ1n) is 5.92. The van der Waals surface area contributed by atoms with Crippen LogP contribution in [0.5, 0.6) is 0 Å². The summed E-state index contributed by atoms with van der Waals surface area (Å²) in [5, 5.41) is 8.94. The lowest BCUT2D eigenvalue weighted by Crippen LogP contribution is -1.95. The summed E-state index contributed by atoms with van der Waals surface area (Å²) in [4.78, 5) is 4.45. The number of rotatable bonds is 1. The molecule has 98 valence electrons. The second-order valence-electron chi connectivity index (χ2n) is 4.43. The van der Waals surface area contributed by atoms with Crippen molar-refractivity contribution in [2.45, 2.75) is 0 Å². The van der Waals surface area contributed by atoms with Crippen molar-refractivity contribution in [1.29, 1.82) is 5.26 Å². The molecule has 0 amide bonds. The van der Waals surface area contributed by atoms with Crippen molar-refractivity contribution in [1.82, 2.24) is 9.55 Å². The molecule has 20 heavy (non-hydrogen) atoms. The third kappa shape index (κ3) is 1.98. The van der Waals surface area contributed by atoms with E-state index in [4.69, 9.17) is 5.26 Å². The van der Waals surface area contributed by atoms with Crippen molar-refractivity contribution in [2.24, 2.45) is 7.05 Å². The number of aryl methyl sites for hydroxylation is 1. The Morgan fingerprint density at radius 2 is 2.05 bits per heavy atom. The number of hydrogen-bond acceptors (Lipinski definition) is 2. The Kier molecular flexibility index (Phi) is 3.03. The zero-order valence-electron chi connectivity index (χ0n) is 10.6. The molecule has 1 heterocycles. The van der Waals surface area contributed by atoms with Gasteiger partial charge >= 0.3 is 0 Å². The molecule has 0 unspecified atom stereocenters. The van der Waals surface area contributed by atoms with E-state index in [2.05, 4.69) is 27.0 Å². The second kappa shape index (κ2) is 4.73. The minimum atomic E-state index is -0.335. The third-order valence-corrected chi connectivity index (χ3v) is 3.68. The van der Waals surface area contributed by atoms with Gasteiger partial charge in [0.2, 0.25) is 0 Å². The molecule has 0 saturated heterocycles. The minimum Gasteiger partial charge on any atom is -0.327 e. The van der Waals surface area contributed by atoms with Crippen molar-refractivity contribution in [2.75, 3.05) is 0 Å². The molecule has 0 aliphatic carbocycles. The highest BCUT2D eigenvalue weighted by Gasteiger charge is 2.14. The van der Waals surface area contributed by atoms with Gasteiger partial charge in [-0.1, -0.05) is 15.9 Å². The lowest BCUT2D eigenvalue weighted by Gasteiger charge is -2.04. The first kappa shape index (κ1) is 12.8. The number of imidazole rings is 1. The molecule has 3 aromatic rings. The predicted molar refractivity (Wildman–Crippen MR) is 78.5 cm³/mol. The lowest BCUT2D eigenvalue weighted by atomic mass is 10.2. The van der Waals surface area contributed by atoms with Crippen LogP contribution in [0.25, 0.3) is 22.4 Å². The van der Waals surface area contributed by atoms with Gasteiger partial charge < -0.3 is 4.57 Å². The quantitative estimate of drug-likeness (QED) is 0.676. The second-order valence-corrected chi connectivity index (χ2v) is 5.35. The summed E-state index contributed by atoms with van der Waals surface area (Å²) in [5.74, 6) is 0.207. The van der Waals surface area contributed by atoms with Gasteiger partial charge in [0.05, 0.1) is 28.2 Å². The van der Waals surface area contributed by atoms with E-state index >= 15 is 0 Å². The number of halogens is 2. The Morgan fingerprint density at radius 1 is 1.25 bits per heavy atom. The molecule has 3 rings (SSSR count). The molecule has 0 fully saturated rings. The molecule has 0 atom stereocenters. The van der Waals surface area contributed by atoms with Crippen molar-refractivity contribution in [3.8, 4) is 17.5 Å². The van der Waals surface area contributed by atoms with Crippen LogP contribution in [0.15, 0.2) is 40.9 Å². The van der Waals surface area contributed by atoms with E-state index in [0.717, 1.165) is 11.0 Å². The summed E-state index contributed by atoms with van der Waals surface area (Å²) in [5.41, 5.74) is 2.54. The smallest absolute Gasteiger partial charge is 0.143 e. The standard InChI is InChI=1S/C15H9BrFN3/c1-20-14-6-9(8-18)2-5-13(14)19-15(20)11-4-3-10(16)7-12(11)17/h2-7H,1H3. The van der Waals surface area contributed by atoms with Gasteiger partial charge in [-0.15, -0.1) is 0 Å². The van der Waals surface area contributed by atoms with Crippen molar-refractivity contribution in [3.63, 3.8) is 0 Å². The molecule has 2 aromatic carbocycles. The van der Waals surface area contributed by atoms with E-state index < -0.39 is 0 Å². The van der Waals surface area contributed by atoms with Gasteiger partial charge in [0.15, 0.2) is 0 Å². The molecule has 1 aromatic heterocycles. The predicted octanol–water partition coefficient (Wildman–Crippen LogP) is 4.01. The molecule has 5 heteroatoms. The maximum atomic E-state index is 14.1. The van der Waals surface area contributed by atoms with Crippen LogP contribution in [0.3, 0.4) is 0 Å². The Balaban J connectivity index is 2.27. The summed E-state index contributed by atoms with van der Waals surface area (Å²) >= 11 is 3.24. The molecule has 0 bridgehead atoms. The van der Waals surface area contributed by atoms with Gasteiger partial charge in [-0.05, 0) is 36.4 Å². The van der Waals surface area contributed by atoms with Crippen LogP contribution in [0, 0.1) is 17.1 Å². The number of benzene rings is 2. The SMILES string of the molecule is Cn1c(-c2ccc(Br)cc2F)nc2ccc(C#N)cc21. The molecule has 0 radical (unpaired) electrons. The third-order valence-electron chi connectivity index (χ3n) is 3.18. The van der Waals surface area contributed by atoms with E-state index in [-0.39, 0.29) is 5.82 Å². The largest absolute Gasteiger partial charge is 0.327 e. The van der Waals surface area contributed by atoms with E-state index in [1.807, 2.05) is 7.05 Å². The van der Waals surface area contributed by atoms with Crippen molar-refractivity contribution < 1.29 is 4.39 Å². The van der Waals surface area contributed by atoms with Crippen LogP contribution in [-0.4, -0.2) is 9.55 Å². The molecular formula is C15H9BrFN3. The van der Waals surface area contributed by atoms with E-state index in [1.54, 1.807) is 34.9 Å². The molecule has 0 aliphatic heterocycles. The molecular weight excluding hydrogens is 321 g/mol. The Bertz CT molecular complexity index is 861. The van der Waals surface area contributed by atoms with Gasteiger partial charge in [0.25, 0.3) is 0 Å². The van der Waals surface area contributed by atoms with Crippen LogP contribution in [0.2, 0.25) is 0 Å². The summed E-state index contributed by atoms with van der Waals surface area (Å²) in [6.45, 7) is 0. The summed E-state index contributed by atoms with van der Waals surface area (Å²) in [6.07, 6.45) is 0. The molecule has 0 aliphatic rings. The van der Waals surface area contributed by atoms with Crippen LogP contribution in [0.4, 0.5) is 4.39 Å². The summed E-state index contributed by atoms with van der Waals surface area (Å²) in [7, 11) is 1.81. The van der Waals surface area contributed by atoms with E-state index in [0.29, 0.717) is 21.4 Å². The Hall–Kier alpha value is -2.19. The van der Waals surface area contributed by atoms with Crippen LogP contribution in [-0.2, 0) is 7.05 Å². The van der Waals surface area contributed by atoms with Gasteiger partial charge in [-0.2, -0.15) is 5.26 Å². The zero-order valence-corrected chi connectivity index (χ0v) is 12.1. The highest BCUT2D eigenvalue weighted by Crippen LogP contribution is 2.28. The van der Waals surface area contributed by atoms with Gasteiger partial charge in [-0.3, -0.25) is 0 Å². The average molecular weight is 330 g/mol. The molecule has 0 N–H and O–H groups in total. The van der Waals surface area contributed by atoms with Crippen LogP contribution in [0.1, 0.15) is 5.56 Å². The zero-order chi connectivity index (χ0) is 14.3. The minimum absolute atomic E-state index is 0.335. The Morgan fingerprint density at radius 3 is 2.75 bits per heavy atom. The van der Waals surface area contributed by atoms with E-state index in [1.165, 1.54) is 6.07 Å². The van der Waals surface area contributed by atoms with Gasteiger partial charge in [-0.25, -0.2) is 9.37 Å². The molecule has 3 nitrogen and oxygen atoms in total. The number of aromatic nitrogens is 2. The first-order chi connectivity index (χ1) is 9.60. The first-order valence-corrected chi connectivity index (χ1v) is 6.71. The molecule has 0 saturated carbocycles. The molecule has 0 spiro atoms. The monoisotopic (exact) mass is 329 g/mol. The fraction of sp³-hybridized carbons (Fsp3) is 0.0667. The van der Waals surface area contributed by atoms with Crippen molar-refractivity contribution >= 4 is 27.0 Å².